The first-order valence-electron chi connectivity index (χ1n) is 12.3. The van der Waals surface area contributed by atoms with Crippen LogP contribution in [0.4, 0.5) is 5.95 Å². The molecule has 4 saturated carbocycles. The number of amides is 1. The molecule has 1 saturated heterocycles. The summed E-state index contributed by atoms with van der Waals surface area (Å²) >= 11 is 1.60. The largest absolute Gasteiger partial charge is 0.349 e. The van der Waals surface area contributed by atoms with Gasteiger partial charge in [-0.2, -0.15) is 4.31 Å². The Hall–Kier alpha value is -1.39. The molecular weight excluding hydrogens is 458 g/mol. The van der Waals surface area contributed by atoms with Crippen molar-refractivity contribution in [1.82, 2.24) is 19.6 Å². The van der Waals surface area contributed by atoms with Crippen LogP contribution in [0.15, 0.2) is 11.2 Å². The minimum atomic E-state index is -3.18. The van der Waals surface area contributed by atoms with E-state index in [-0.39, 0.29) is 11.9 Å². The Morgan fingerprint density at radius 3 is 2.30 bits per heavy atom. The van der Waals surface area contributed by atoms with E-state index in [4.69, 9.17) is 4.98 Å². The zero-order chi connectivity index (χ0) is 23.2. The van der Waals surface area contributed by atoms with Crippen molar-refractivity contribution in [3.8, 4) is 0 Å². The average Bonchev–Trinajstić information content (AvgIpc) is 2.79. The molecule has 4 aliphatic carbocycles. The minimum Gasteiger partial charge on any atom is -0.349 e. The number of sulfonamides is 1. The molecule has 5 fully saturated rings. The summed E-state index contributed by atoms with van der Waals surface area (Å²) in [6.45, 7) is 4.06. The topological polar surface area (TPSA) is 95.5 Å². The van der Waals surface area contributed by atoms with Crippen LogP contribution in [0.1, 0.15) is 55.8 Å². The van der Waals surface area contributed by atoms with E-state index in [0.717, 1.165) is 29.0 Å². The standard InChI is InChI=1S/C23H35N5O3S2/c1-3-8-32-22-19(14-24-23(26-22)27-4-6-28(7-5-27)33(2,30)31)21(29)25-20-17-10-15-9-16(12-17)13-18(20)11-15/h14-18,20H,3-13H2,1-2H3,(H,25,29). The van der Waals surface area contributed by atoms with Crippen molar-refractivity contribution < 1.29 is 13.2 Å². The van der Waals surface area contributed by atoms with E-state index in [1.165, 1.54) is 42.7 Å². The summed E-state index contributed by atoms with van der Waals surface area (Å²) in [5.41, 5.74) is 0.570. The van der Waals surface area contributed by atoms with Gasteiger partial charge in [0.1, 0.15) is 5.03 Å². The Bertz CT molecular complexity index is 966. The van der Waals surface area contributed by atoms with Gasteiger partial charge < -0.3 is 10.2 Å². The Balaban J connectivity index is 1.30. The van der Waals surface area contributed by atoms with Gasteiger partial charge in [0.05, 0.1) is 11.8 Å². The number of piperazine rings is 1. The number of aromatic nitrogens is 2. The maximum Gasteiger partial charge on any atom is 0.255 e. The fourth-order valence-corrected chi connectivity index (χ4v) is 8.26. The van der Waals surface area contributed by atoms with Gasteiger partial charge >= 0.3 is 0 Å². The van der Waals surface area contributed by atoms with Crippen LogP contribution in [0.2, 0.25) is 0 Å². The molecule has 0 spiro atoms. The van der Waals surface area contributed by atoms with E-state index in [1.54, 1.807) is 18.0 Å². The summed E-state index contributed by atoms with van der Waals surface area (Å²) in [5.74, 6) is 4.43. The summed E-state index contributed by atoms with van der Waals surface area (Å²) < 4.78 is 25.1. The molecule has 1 aliphatic heterocycles. The van der Waals surface area contributed by atoms with E-state index in [2.05, 4.69) is 17.2 Å². The van der Waals surface area contributed by atoms with Gasteiger partial charge in [-0.05, 0) is 67.9 Å². The molecule has 10 heteroatoms. The molecule has 5 aliphatic rings. The first kappa shape index (κ1) is 23.4. The Morgan fingerprint density at radius 2 is 1.73 bits per heavy atom. The molecule has 6 rings (SSSR count). The molecule has 1 N–H and O–H groups in total. The second-order valence-electron chi connectivity index (χ2n) is 10.3. The third-order valence-corrected chi connectivity index (χ3v) is 10.4. The van der Waals surface area contributed by atoms with Gasteiger partial charge in [0.15, 0.2) is 0 Å². The molecule has 0 unspecified atom stereocenters. The maximum absolute atomic E-state index is 13.4. The van der Waals surface area contributed by atoms with E-state index >= 15 is 0 Å². The van der Waals surface area contributed by atoms with Crippen molar-refractivity contribution >= 4 is 33.6 Å². The first-order chi connectivity index (χ1) is 15.8. The van der Waals surface area contributed by atoms with Gasteiger partial charge in [0.25, 0.3) is 5.91 Å². The second kappa shape index (κ2) is 9.34. The fourth-order valence-electron chi connectivity index (χ4n) is 6.58. The third kappa shape index (κ3) is 4.89. The van der Waals surface area contributed by atoms with Crippen molar-refractivity contribution in [3.05, 3.63) is 11.8 Å². The Morgan fingerprint density at radius 1 is 1.09 bits per heavy atom. The predicted octanol–water partition coefficient (Wildman–Crippen LogP) is 2.61. The summed E-state index contributed by atoms with van der Waals surface area (Å²) in [6.07, 6.45) is 10.4. The van der Waals surface area contributed by atoms with Crippen LogP contribution < -0.4 is 10.2 Å². The normalized spacial score (nSPS) is 31.7. The van der Waals surface area contributed by atoms with E-state index in [0.29, 0.717) is 49.5 Å². The molecule has 1 amide bonds. The minimum absolute atomic E-state index is 0.0421. The Kier molecular flexibility index (Phi) is 6.61. The van der Waals surface area contributed by atoms with E-state index < -0.39 is 10.0 Å². The lowest BCUT2D eigenvalue weighted by molar-refractivity contribution is -0.0120. The van der Waals surface area contributed by atoms with E-state index in [1.807, 2.05) is 4.90 Å². The lowest BCUT2D eigenvalue weighted by Crippen LogP contribution is -2.55. The molecule has 2 heterocycles. The fraction of sp³-hybridized carbons (Fsp3) is 0.783. The van der Waals surface area contributed by atoms with Crippen molar-refractivity contribution in [1.29, 1.82) is 0 Å². The van der Waals surface area contributed by atoms with E-state index in [9.17, 15) is 13.2 Å². The number of carbonyl (C=O) groups excluding carboxylic acids is 1. The summed E-state index contributed by atoms with van der Waals surface area (Å²) in [6, 6.07) is 0.290. The SMILES string of the molecule is CCCSc1nc(N2CCN(S(C)(=O)=O)CC2)ncc1C(=O)NC1C2CC3CC(C2)CC1C3. The number of hydrogen-bond acceptors (Lipinski definition) is 7. The van der Waals surface area contributed by atoms with Gasteiger partial charge in [-0.25, -0.2) is 18.4 Å². The number of carbonyl (C=O) groups is 1. The van der Waals surface area contributed by atoms with Crippen molar-refractivity contribution in [3.63, 3.8) is 0 Å². The van der Waals surface area contributed by atoms with Crippen LogP contribution in [0, 0.1) is 23.7 Å². The Labute approximate surface area is 201 Å². The smallest absolute Gasteiger partial charge is 0.255 e. The third-order valence-electron chi connectivity index (χ3n) is 7.94. The van der Waals surface area contributed by atoms with Crippen LogP contribution >= 0.6 is 11.8 Å². The second-order valence-corrected chi connectivity index (χ2v) is 13.4. The van der Waals surface area contributed by atoms with Gasteiger partial charge in [-0.15, -0.1) is 11.8 Å². The zero-order valence-electron chi connectivity index (χ0n) is 19.6. The average molecular weight is 494 g/mol. The van der Waals surface area contributed by atoms with Gasteiger partial charge in [0.2, 0.25) is 16.0 Å². The number of nitrogens with zero attached hydrogens (tertiary/aromatic N) is 4. The highest BCUT2D eigenvalue weighted by molar-refractivity contribution is 7.99. The highest BCUT2D eigenvalue weighted by Crippen LogP contribution is 2.53. The van der Waals surface area contributed by atoms with Crippen molar-refractivity contribution in [2.24, 2.45) is 23.7 Å². The lowest BCUT2D eigenvalue weighted by atomic mass is 9.54. The van der Waals surface area contributed by atoms with Crippen LogP contribution in [-0.2, 0) is 10.0 Å². The highest BCUT2D eigenvalue weighted by atomic mass is 32.2. The molecular formula is C23H35N5O3S2. The van der Waals surface area contributed by atoms with Crippen LogP contribution in [0.25, 0.3) is 0 Å². The summed E-state index contributed by atoms with van der Waals surface area (Å²) in [7, 11) is -3.18. The number of hydrogen-bond donors (Lipinski definition) is 1. The molecule has 0 radical (unpaired) electrons. The van der Waals surface area contributed by atoms with Gasteiger partial charge in [0, 0.05) is 38.4 Å². The maximum atomic E-state index is 13.4. The number of rotatable bonds is 7. The molecule has 182 valence electrons. The van der Waals surface area contributed by atoms with Crippen molar-refractivity contribution in [2.45, 2.75) is 56.5 Å². The molecule has 33 heavy (non-hydrogen) atoms. The van der Waals surface area contributed by atoms with Gasteiger partial charge in [-0.3, -0.25) is 4.79 Å². The predicted molar refractivity (Wildman–Crippen MR) is 130 cm³/mol. The molecule has 1 aromatic rings. The van der Waals surface area contributed by atoms with Crippen molar-refractivity contribution in [2.75, 3.05) is 43.1 Å². The number of thioether (sulfide) groups is 1. The number of anilines is 1. The summed E-state index contributed by atoms with van der Waals surface area (Å²) in [5, 5.41) is 4.13. The molecule has 0 atom stereocenters. The monoisotopic (exact) mass is 493 g/mol. The molecule has 8 nitrogen and oxygen atoms in total. The molecule has 0 aromatic carbocycles. The number of nitrogens with one attached hydrogen (secondary N) is 1. The molecule has 4 bridgehead atoms. The molecule has 1 aromatic heterocycles. The zero-order valence-corrected chi connectivity index (χ0v) is 21.2. The van der Waals surface area contributed by atoms with Crippen LogP contribution in [0.5, 0.6) is 0 Å². The van der Waals surface area contributed by atoms with Crippen LogP contribution in [-0.4, -0.2) is 72.8 Å². The quantitative estimate of drug-likeness (QED) is 0.461. The van der Waals surface area contributed by atoms with Crippen LogP contribution in [0.3, 0.4) is 0 Å². The highest BCUT2D eigenvalue weighted by Gasteiger charge is 2.48. The first-order valence-corrected chi connectivity index (χ1v) is 15.2. The lowest BCUT2D eigenvalue weighted by Gasteiger charge is -2.54. The van der Waals surface area contributed by atoms with Gasteiger partial charge in [-0.1, -0.05) is 6.92 Å². The summed E-state index contributed by atoms with van der Waals surface area (Å²) in [4.78, 5) is 24.7.